The van der Waals surface area contributed by atoms with Crippen molar-refractivity contribution in [2.24, 2.45) is 0 Å². The van der Waals surface area contributed by atoms with E-state index in [-0.39, 0.29) is 54.2 Å². The highest BCUT2D eigenvalue weighted by molar-refractivity contribution is 6.30. The fraction of sp³-hybridized carbons (Fsp3) is 0.579. The molecule has 0 radical (unpaired) electrons. The highest BCUT2D eigenvalue weighted by atomic mass is 35.5. The lowest BCUT2D eigenvalue weighted by atomic mass is 10.0. The third-order valence-electron chi connectivity index (χ3n) is 5.16. The van der Waals surface area contributed by atoms with Gasteiger partial charge in [0.05, 0.1) is 17.7 Å². The normalized spacial score (nSPS) is 19.4. The topological polar surface area (TPSA) is 72.9 Å². The van der Waals surface area contributed by atoms with Crippen LogP contribution in [0.3, 0.4) is 0 Å². The third-order valence-corrected chi connectivity index (χ3v) is 5.45. The molecular weight excluding hydrogens is 392 g/mol. The Hall–Kier alpha value is -1.93. The highest BCUT2D eigenvalue weighted by Crippen LogP contribution is 2.31. The van der Waals surface area contributed by atoms with Gasteiger partial charge in [0.15, 0.2) is 0 Å². The molecule has 1 aliphatic heterocycles. The van der Waals surface area contributed by atoms with Crippen LogP contribution in [0.2, 0.25) is 5.02 Å². The molecule has 0 aromatic heterocycles. The first-order valence-electron chi connectivity index (χ1n) is 9.49. The van der Waals surface area contributed by atoms with Gasteiger partial charge in [-0.15, -0.1) is 0 Å². The van der Waals surface area contributed by atoms with Crippen LogP contribution in [0.15, 0.2) is 12.1 Å². The van der Waals surface area contributed by atoms with E-state index in [4.69, 9.17) is 16.7 Å². The Labute approximate surface area is 167 Å². The minimum absolute atomic E-state index is 0.0763. The van der Waals surface area contributed by atoms with E-state index in [1.54, 1.807) is 9.80 Å². The van der Waals surface area contributed by atoms with Gasteiger partial charge in [0, 0.05) is 43.7 Å². The molecule has 6 nitrogen and oxygen atoms in total. The Morgan fingerprint density at radius 1 is 1.21 bits per heavy atom. The first kappa shape index (κ1) is 20.8. The Balaban J connectivity index is 1.64. The van der Waals surface area contributed by atoms with E-state index in [1.165, 1.54) is 6.07 Å². The molecule has 3 amide bonds. The van der Waals surface area contributed by atoms with E-state index in [2.05, 4.69) is 5.32 Å². The summed E-state index contributed by atoms with van der Waals surface area (Å²) in [6.45, 7) is 0.751. The second-order valence-electron chi connectivity index (χ2n) is 7.26. The Bertz CT molecular complexity index is 745. The zero-order valence-electron chi connectivity index (χ0n) is 15.5. The number of nitrogens with zero attached hydrogens (tertiary/aromatic N) is 2. The number of amides is 3. The molecule has 28 heavy (non-hydrogen) atoms. The predicted octanol–water partition coefficient (Wildman–Crippen LogP) is 2.67. The molecule has 1 saturated heterocycles. The summed E-state index contributed by atoms with van der Waals surface area (Å²) >= 11 is 5.70. The monoisotopic (exact) mass is 415 g/mol. The summed E-state index contributed by atoms with van der Waals surface area (Å²) in [5, 5.41) is 11.5. The molecule has 3 rings (SSSR count). The van der Waals surface area contributed by atoms with Crippen molar-refractivity contribution in [2.45, 2.75) is 50.7 Å². The number of aliphatic hydroxyl groups is 1. The summed E-state index contributed by atoms with van der Waals surface area (Å²) in [4.78, 5) is 28.3. The fourth-order valence-corrected chi connectivity index (χ4v) is 3.79. The number of nitrogens with one attached hydrogen (secondary N) is 1. The summed E-state index contributed by atoms with van der Waals surface area (Å²) in [5.74, 6) is -1.73. The molecule has 9 heteroatoms. The number of hydrogen-bond donors (Lipinski definition) is 2. The van der Waals surface area contributed by atoms with E-state index in [1.807, 2.05) is 0 Å². The van der Waals surface area contributed by atoms with Crippen LogP contribution in [0, 0.1) is 11.6 Å². The van der Waals surface area contributed by atoms with Crippen LogP contribution in [0.5, 0.6) is 0 Å². The molecule has 0 bridgehead atoms. The van der Waals surface area contributed by atoms with Crippen LogP contribution in [0.1, 0.15) is 37.7 Å². The van der Waals surface area contributed by atoms with E-state index in [0.29, 0.717) is 19.2 Å². The fourth-order valence-electron chi connectivity index (χ4n) is 3.61. The van der Waals surface area contributed by atoms with Gasteiger partial charge in [0.1, 0.15) is 11.6 Å². The number of carbonyl (C=O) groups excluding carboxylic acids is 2. The van der Waals surface area contributed by atoms with Crippen LogP contribution < -0.4 is 5.32 Å². The van der Waals surface area contributed by atoms with Crippen molar-refractivity contribution in [3.8, 4) is 0 Å². The molecule has 2 N–H and O–H groups in total. The van der Waals surface area contributed by atoms with Gasteiger partial charge in [-0.2, -0.15) is 0 Å². The lowest BCUT2D eigenvalue weighted by molar-refractivity contribution is -0.133. The quantitative estimate of drug-likeness (QED) is 0.701. The van der Waals surface area contributed by atoms with Gasteiger partial charge in [0.2, 0.25) is 5.91 Å². The molecule has 2 fully saturated rings. The molecule has 1 aliphatic carbocycles. The summed E-state index contributed by atoms with van der Waals surface area (Å²) in [5.41, 5.74) is 0.110. The Morgan fingerprint density at radius 2 is 1.96 bits per heavy atom. The Kier molecular flexibility index (Phi) is 6.72. The lowest BCUT2D eigenvalue weighted by Gasteiger charge is -2.39. The van der Waals surface area contributed by atoms with Crippen molar-refractivity contribution >= 4 is 23.5 Å². The minimum Gasteiger partial charge on any atom is -0.396 e. The number of benzene rings is 1. The van der Waals surface area contributed by atoms with Crippen molar-refractivity contribution in [1.82, 2.24) is 15.1 Å². The molecule has 1 aromatic rings. The maximum absolute atomic E-state index is 13.9. The van der Waals surface area contributed by atoms with Crippen LogP contribution in [0.25, 0.3) is 0 Å². The molecular formula is C19H24ClF2N3O3. The van der Waals surface area contributed by atoms with Crippen LogP contribution in [0.4, 0.5) is 13.6 Å². The average molecular weight is 416 g/mol. The van der Waals surface area contributed by atoms with Crippen LogP contribution in [-0.4, -0.2) is 58.6 Å². The SMILES string of the molecule is O=C(CCO)N1CCC[C@@H](N(C(=O)NCc2cc(Cl)c(F)cc2F)C2CC2)C1. The van der Waals surface area contributed by atoms with Gasteiger partial charge in [-0.1, -0.05) is 11.6 Å². The van der Waals surface area contributed by atoms with Crippen molar-refractivity contribution < 1.29 is 23.5 Å². The van der Waals surface area contributed by atoms with E-state index in [9.17, 15) is 18.4 Å². The molecule has 0 unspecified atom stereocenters. The van der Waals surface area contributed by atoms with Gasteiger partial charge in [-0.3, -0.25) is 4.79 Å². The zero-order valence-corrected chi connectivity index (χ0v) is 16.2. The average Bonchev–Trinajstić information content (AvgIpc) is 3.49. The first-order valence-corrected chi connectivity index (χ1v) is 9.86. The van der Waals surface area contributed by atoms with E-state index >= 15 is 0 Å². The number of carbonyl (C=O) groups is 2. The minimum atomic E-state index is -0.844. The number of rotatable bonds is 6. The largest absolute Gasteiger partial charge is 0.396 e. The second kappa shape index (κ2) is 9.05. The zero-order chi connectivity index (χ0) is 20.3. The third kappa shape index (κ3) is 4.91. The predicted molar refractivity (Wildman–Crippen MR) is 99.8 cm³/mol. The molecule has 2 aliphatic rings. The summed E-state index contributed by atoms with van der Waals surface area (Å²) in [6.07, 6.45) is 3.42. The number of urea groups is 1. The highest BCUT2D eigenvalue weighted by Gasteiger charge is 2.39. The lowest BCUT2D eigenvalue weighted by Crippen LogP contribution is -2.55. The van der Waals surface area contributed by atoms with Crippen molar-refractivity contribution in [1.29, 1.82) is 0 Å². The summed E-state index contributed by atoms with van der Waals surface area (Å²) in [6, 6.07) is 1.53. The summed E-state index contributed by atoms with van der Waals surface area (Å²) < 4.78 is 27.2. The van der Waals surface area contributed by atoms with E-state index in [0.717, 1.165) is 25.7 Å². The van der Waals surface area contributed by atoms with Gasteiger partial charge in [-0.05, 0) is 31.7 Å². The standard InChI is InChI=1S/C19H24ClF2N3O3/c20-15-8-12(16(21)9-17(15)22)10-23-19(28)25(13-3-4-13)14-2-1-6-24(11-14)18(27)5-7-26/h8-9,13-14,26H,1-7,10-11H2,(H,23,28)/t14-/m1/s1. The molecule has 1 atom stereocenters. The van der Waals surface area contributed by atoms with Crippen molar-refractivity contribution in [3.05, 3.63) is 34.4 Å². The molecule has 0 spiro atoms. The number of halogens is 3. The number of likely N-dealkylation sites (tertiary alicyclic amines) is 1. The van der Waals surface area contributed by atoms with Gasteiger partial charge in [-0.25, -0.2) is 13.6 Å². The molecule has 1 saturated carbocycles. The maximum Gasteiger partial charge on any atom is 0.318 e. The number of aliphatic hydroxyl groups excluding tert-OH is 1. The molecule has 154 valence electrons. The number of piperidine rings is 1. The van der Waals surface area contributed by atoms with Crippen molar-refractivity contribution in [2.75, 3.05) is 19.7 Å². The van der Waals surface area contributed by atoms with Crippen LogP contribution in [-0.2, 0) is 11.3 Å². The smallest absolute Gasteiger partial charge is 0.318 e. The van der Waals surface area contributed by atoms with Crippen molar-refractivity contribution in [3.63, 3.8) is 0 Å². The Morgan fingerprint density at radius 3 is 2.64 bits per heavy atom. The van der Waals surface area contributed by atoms with E-state index < -0.39 is 11.6 Å². The summed E-state index contributed by atoms with van der Waals surface area (Å²) in [7, 11) is 0. The second-order valence-corrected chi connectivity index (χ2v) is 7.67. The molecule has 1 heterocycles. The number of hydrogen-bond acceptors (Lipinski definition) is 3. The van der Waals surface area contributed by atoms with Gasteiger partial charge in [0.25, 0.3) is 0 Å². The van der Waals surface area contributed by atoms with Gasteiger partial charge < -0.3 is 20.2 Å². The molecule has 1 aromatic carbocycles. The first-order chi connectivity index (χ1) is 13.4. The van der Waals surface area contributed by atoms with Crippen LogP contribution >= 0.6 is 11.6 Å². The van der Waals surface area contributed by atoms with Gasteiger partial charge >= 0.3 is 6.03 Å². The maximum atomic E-state index is 13.9.